The molecule has 10 nitrogen and oxygen atoms in total. The number of aromatic nitrogens is 1. The summed E-state index contributed by atoms with van der Waals surface area (Å²) in [5.41, 5.74) is 1.36. The Balaban J connectivity index is 1.90. The van der Waals surface area contributed by atoms with Gasteiger partial charge in [0.1, 0.15) is 13.2 Å². The van der Waals surface area contributed by atoms with Gasteiger partial charge >= 0.3 is 5.97 Å². The highest BCUT2D eigenvalue weighted by Gasteiger charge is 2.34. The summed E-state index contributed by atoms with van der Waals surface area (Å²) in [6, 6.07) is 10.1. The van der Waals surface area contributed by atoms with Gasteiger partial charge in [0, 0.05) is 12.1 Å². The minimum absolute atomic E-state index is 0.00937. The number of hydrogen-bond donors (Lipinski definition) is 0. The Morgan fingerprint density at radius 1 is 1.15 bits per heavy atom. The standard InChI is InChI=1S/C28H25N3O7S/c1-5-13-37-21-12-9-19(16-22(21)36-4)25-24(27(33)38-14-6-2)17(3)29-28-30(25)26(32)23(39-28)15-18-7-10-20(11-8-18)31(34)35/h5-12,15-16,25H,1-2,13-14H2,3-4H3/b23-15-. The molecule has 200 valence electrons. The van der Waals surface area contributed by atoms with Crippen molar-refractivity contribution in [3.8, 4) is 11.5 Å². The van der Waals surface area contributed by atoms with Crippen LogP contribution >= 0.6 is 11.3 Å². The summed E-state index contributed by atoms with van der Waals surface area (Å²) in [4.78, 5) is 42.4. The number of allylic oxidation sites excluding steroid dienone is 1. The molecule has 1 aliphatic rings. The number of carbonyl (C=O) groups excluding carboxylic acids is 1. The minimum atomic E-state index is -0.861. The summed E-state index contributed by atoms with van der Waals surface area (Å²) < 4.78 is 18.3. The maximum atomic E-state index is 13.7. The first kappa shape index (κ1) is 27.3. The molecule has 3 aromatic rings. The van der Waals surface area contributed by atoms with E-state index in [1.54, 1.807) is 49.4 Å². The summed E-state index contributed by atoms with van der Waals surface area (Å²) in [7, 11) is 1.50. The highest BCUT2D eigenvalue weighted by molar-refractivity contribution is 7.07. The quantitative estimate of drug-likeness (QED) is 0.165. The van der Waals surface area contributed by atoms with E-state index in [-0.39, 0.29) is 30.0 Å². The Hall–Kier alpha value is -4.77. The Morgan fingerprint density at radius 3 is 2.51 bits per heavy atom. The van der Waals surface area contributed by atoms with Gasteiger partial charge in [-0.2, -0.15) is 0 Å². The number of nitro benzene ring substituents is 1. The van der Waals surface area contributed by atoms with Gasteiger partial charge in [0.2, 0.25) is 0 Å². The molecule has 1 atom stereocenters. The lowest BCUT2D eigenvalue weighted by molar-refractivity contribution is -0.384. The predicted octanol–water partition coefficient (Wildman–Crippen LogP) is 3.45. The van der Waals surface area contributed by atoms with Crippen molar-refractivity contribution in [1.29, 1.82) is 0 Å². The molecular formula is C28H25N3O7S. The van der Waals surface area contributed by atoms with Gasteiger partial charge in [-0.3, -0.25) is 19.5 Å². The number of fused-ring (bicyclic) bond motifs is 1. The zero-order valence-electron chi connectivity index (χ0n) is 21.3. The van der Waals surface area contributed by atoms with Gasteiger partial charge in [0.25, 0.3) is 11.2 Å². The van der Waals surface area contributed by atoms with Crippen molar-refractivity contribution in [2.75, 3.05) is 20.3 Å². The number of nitro groups is 1. The number of nitrogens with zero attached hydrogens (tertiary/aromatic N) is 3. The maximum Gasteiger partial charge on any atom is 0.338 e. The predicted molar refractivity (Wildman–Crippen MR) is 147 cm³/mol. The molecule has 0 amide bonds. The van der Waals surface area contributed by atoms with E-state index in [9.17, 15) is 19.7 Å². The molecule has 0 spiro atoms. The molecule has 0 saturated heterocycles. The lowest BCUT2D eigenvalue weighted by Crippen LogP contribution is -2.40. The normalized spacial score (nSPS) is 14.7. The Bertz CT molecular complexity index is 1670. The van der Waals surface area contributed by atoms with Crippen LogP contribution < -0.4 is 24.4 Å². The first-order valence-corrected chi connectivity index (χ1v) is 12.6. The third-order valence-electron chi connectivity index (χ3n) is 5.84. The molecule has 0 aliphatic carbocycles. The van der Waals surface area contributed by atoms with Gasteiger partial charge in [-0.1, -0.05) is 42.7 Å². The van der Waals surface area contributed by atoms with Crippen molar-refractivity contribution in [1.82, 2.24) is 4.57 Å². The molecule has 1 unspecified atom stereocenters. The number of non-ortho nitro benzene ring substituents is 1. The van der Waals surface area contributed by atoms with E-state index in [4.69, 9.17) is 14.2 Å². The van der Waals surface area contributed by atoms with Crippen LogP contribution in [0.25, 0.3) is 6.08 Å². The average Bonchev–Trinajstić information content (AvgIpc) is 3.23. The molecule has 4 rings (SSSR count). The number of carbonyl (C=O) groups is 1. The van der Waals surface area contributed by atoms with Gasteiger partial charge in [0.15, 0.2) is 16.3 Å². The van der Waals surface area contributed by atoms with E-state index < -0.39 is 16.9 Å². The fourth-order valence-electron chi connectivity index (χ4n) is 4.08. The maximum absolute atomic E-state index is 13.7. The van der Waals surface area contributed by atoms with Crippen LogP contribution in [-0.2, 0) is 9.53 Å². The van der Waals surface area contributed by atoms with Crippen LogP contribution in [-0.4, -0.2) is 35.8 Å². The zero-order valence-corrected chi connectivity index (χ0v) is 22.1. The molecule has 0 fully saturated rings. The van der Waals surface area contributed by atoms with Crippen LogP contribution in [0.5, 0.6) is 11.5 Å². The van der Waals surface area contributed by atoms with Crippen molar-refractivity contribution in [2.24, 2.45) is 4.99 Å². The summed E-state index contributed by atoms with van der Waals surface area (Å²) in [5, 5.41) is 11.0. The molecule has 0 bridgehead atoms. The molecule has 0 radical (unpaired) electrons. The second-order valence-electron chi connectivity index (χ2n) is 8.33. The molecule has 0 N–H and O–H groups in total. The topological polar surface area (TPSA) is 122 Å². The van der Waals surface area contributed by atoms with Gasteiger partial charge in [-0.25, -0.2) is 9.79 Å². The summed E-state index contributed by atoms with van der Waals surface area (Å²) in [6.07, 6.45) is 4.69. The second-order valence-corrected chi connectivity index (χ2v) is 9.34. The van der Waals surface area contributed by atoms with E-state index in [2.05, 4.69) is 18.2 Å². The lowest BCUT2D eigenvalue weighted by Gasteiger charge is -2.25. The number of hydrogen-bond acceptors (Lipinski definition) is 9. The van der Waals surface area contributed by atoms with E-state index in [1.165, 1.54) is 29.9 Å². The van der Waals surface area contributed by atoms with Gasteiger partial charge < -0.3 is 14.2 Å². The molecule has 11 heteroatoms. The minimum Gasteiger partial charge on any atom is -0.493 e. The number of rotatable bonds is 10. The fourth-order valence-corrected chi connectivity index (χ4v) is 5.12. The van der Waals surface area contributed by atoms with Crippen molar-refractivity contribution < 1.29 is 23.9 Å². The largest absolute Gasteiger partial charge is 0.493 e. The third kappa shape index (κ3) is 5.58. The van der Waals surface area contributed by atoms with Crippen LogP contribution in [0.1, 0.15) is 24.1 Å². The first-order valence-electron chi connectivity index (χ1n) is 11.8. The Morgan fingerprint density at radius 2 is 1.87 bits per heavy atom. The monoisotopic (exact) mass is 547 g/mol. The zero-order chi connectivity index (χ0) is 28.1. The van der Waals surface area contributed by atoms with Crippen molar-refractivity contribution in [2.45, 2.75) is 13.0 Å². The molecule has 0 saturated carbocycles. The molecule has 1 aromatic heterocycles. The second kappa shape index (κ2) is 11.7. The van der Waals surface area contributed by atoms with Crippen LogP contribution in [0.4, 0.5) is 5.69 Å². The van der Waals surface area contributed by atoms with Crippen LogP contribution in [0.15, 0.2) is 88.8 Å². The van der Waals surface area contributed by atoms with Crippen LogP contribution in [0.2, 0.25) is 0 Å². The van der Waals surface area contributed by atoms with Crippen molar-refractivity contribution in [3.05, 3.63) is 120 Å². The van der Waals surface area contributed by atoms with E-state index in [0.717, 1.165) is 11.3 Å². The van der Waals surface area contributed by atoms with Crippen LogP contribution in [0, 0.1) is 10.1 Å². The SMILES string of the molecule is C=CCOC(=O)C1=C(C)N=c2s/c(=C\c3ccc([N+](=O)[O-])cc3)c(=O)n2C1c1ccc(OCC=C)c(OC)c1. The number of thiazole rings is 1. The fraction of sp³-hybridized carbons (Fsp3) is 0.179. The number of methoxy groups -OCH3 is 1. The van der Waals surface area contributed by atoms with Crippen molar-refractivity contribution >= 4 is 29.1 Å². The van der Waals surface area contributed by atoms with Gasteiger partial charge in [-0.15, -0.1) is 0 Å². The first-order chi connectivity index (χ1) is 18.8. The smallest absolute Gasteiger partial charge is 0.338 e. The summed E-state index contributed by atoms with van der Waals surface area (Å²) in [6.45, 7) is 9.19. The number of esters is 1. The number of benzene rings is 2. The number of ether oxygens (including phenoxy) is 3. The highest BCUT2D eigenvalue weighted by atomic mass is 32.1. The summed E-state index contributed by atoms with van der Waals surface area (Å²) in [5.74, 6) is 0.260. The Kier molecular flexibility index (Phi) is 8.21. The Labute approximate surface area is 227 Å². The lowest BCUT2D eigenvalue weighted by atomic mass is 9.95. The molecule has 2 heterocycles. The van der Waals surface area contributed by atoms with Gasteiger partial charge in [0.05, 0.1) is 33.9 Å². The average molecular weight is 548 g/mol. The van der Waals surface area contributed by atoms with E-state index >= 15 is 0 Å². The van der Waals surface area contributed by atoms with E-state index in [0.29, 0.717) is 37.7 Å². The molecule has 39 heavy (non-hydrogen) atoms. The third-order valence-corrected chi connectivity index (χ3v) is 6.82. The molecule has 2 aromatic carbocycles. The van der Waals surface area contributed by atoms with Gasteiger partial charge in [-0.05, 0) is 48.4 Å². The van der Waals surface area contributed by atoms with E-state index in [1.807, 2.05) is 0 Å². The summed E-state index contributed by atoms with van der Waals surface area (Å²) >= 11 is 1.15. The van der Waals surface area contributed by atoms with Crippen LogP contribution in [0.3, 0.4) is 0 Å². The highest BCUT2D eigenvalue weighted by Crippen LogP contribution is 2.36. The van der Waals surface area contributed by atoms with Crippen molar-refractivity contribution in [3.63, 3.8) is 0 Å². The molecule has 1 aliphatic heterocycles. The molecular weight excluding hydrogens is 522 g/mol.